The van der Waals surface area contributed by atoms with Crippen molar-refractivity contribution in [3.05, 3.63) is 66.5 Å². The molecule has 0 saturated carbocycles. The molecule has 3 nitrogen and oxygen atoms in total. The number of aromatic carboxylic acids is 1. The fraction of sp³-hybridized carbons (Fsp3) is 0. The summed E-state index contributed by atoms with van der Waals surface area (Å²) in [7, 11) is 0. The Hall–Kier alpha value is -2.68. The van der Waals surface area contributed by atoms with E-state index in [0.717, 1.165) is 16.3 Å². The number of benzene rings is 2. The summed E-state index contributed by atoms with van der Waals surface area (Å²) in [5.74, 6) is -0.939. The second kappa shape index (κ2) is 4.53. The standard InChI is InChI=1S/C16H11NO2/c18-16(19)14-7-8-17-10-15(14)13-6-5-11-3-1-2-4-12(11)9-13/h1-10H,(H,18,19). The lowest BCUT2D eigenvalue weighted by Crippen LogP contribution is -1.99. The molecule has 0 bridgehead atoms. The van der Waals surface area contributed by atoms with Crippen molar-refractivity contribution in [3.63, 3.8) is 0 Å². The Morgan fingerprint density at radius 3 is 2.58 bits per heavy atom. The molecular formula is C16H11NO2. The zero-order valence-corrected chi connectivity index (χ0v) is 10.1. The zero-order valence-electron chi connectivity index (χ0n) is 10.1. The van der Waals surface area contributed by atoms with E-state index in [9.17, 15) is 9.90 Å². The fourth-order valence-corrected chi connectivity index (χ4v) is 2.17. The highest BCUT2D eigenvalue weighted by molar-refractivity contribution is 5.97. The molecule has 19 heavy (non-hydrogen) atoms. The first-order valence-electron chi connectivity index (χ1n) is 5.92. The third-order valence-corrected chi connectivity index (χ3v) is 3.11. The van der Waals surface area contributed by atoms with Gasteiger partial charge in [0.25, 0.3) is 0 Å². The van der Waals surface area contributed by atoms with Gasteiger partial charge in [0.1, 0.15) is 0 Å². The summed E-state index contributed by atoms with van der Waals surface area (Å²) in [6.45, 7) is 0. The van der Waals surface area contributed by atoms with Crippen LogP contribution < -0.4 is 0 Å². The van der Waals surface area contributed by atoms with Gasteiger partial charge < -0.3 is 5.11 Å². The summed E-state index contributed by atoms with van der Waals surface area (Å²) < 4.78 is 0. The molecule has 0 aliphatic heterocycles. The van der Waals surface area contributed by atoms with Crippen LogP contribution in [0.15, 0.2) is 60.9 Å². The average Bonchev–Trinajstić information content (AvgIpc) is 2.46. The molecule has 92 valence electrons. The quantitative estimate of drug-likeness (QED) is 0.754. The van der Waals surface area contributed by atoms with Crippen molar-refractivity contribution in [2.24, 2.45) is 0 Å². The summed E-state index contributed by atoms with van der Waals surface area (Å²) in [6, 6.07) is 15.4. The predicted molar refractivity (Wildman–Crippen MR) is 74.1 cm³/mol. The minimum atomic E-state index is -0.939. The molecule has 3 rings (SSSR count). The summed E-state index contributed by atoms with van der Waals surface area (Å²) in [5, 5.41) is 11.4. The van der Waals surface area contributed by atoms with Gasteiger partial charge in [-0.2, -0.15) is 0 Å². The number of aromatic nitrogens is 1. The Morgan fingerprint density at radius 1 is 1.00 bits per heavy atom. The van der Waals surface area contributed by atoms with Crippen molar-refractivity contribution < 1.29 is 9.90 Å². The molecule has 0 saturated heterocycles. The number of rotatable bonds is 2. The van der Waals surface area contributed by atoms with Gasteiger partial charge in [0.15, 0.2) is 0 Å². The summed E-state index contributed by atoms with van der Waals surface area (Å²) >= 11 is 0. The maximum Gasteiger partial charge on any atom is 0.336 e. The van der Waals surface area contributed by atoms with Crippen molar-refractivity contribution in [1.29, 1.82) is 0 Å². The van der Waals surface area contributed by atoms with Crippen molar-refractivity contribution in [2.45, 2.75) is 0 Å². The molecule has 0 spiro atoms. The number of hydrogen-bond acceptors (Lipinski definition) is 2. The Morgan fingerprint density at radius 2 is 1.79 bits per heavy atom. The Kier molecular flexibility index (Phi) is 2.72. The first-order valence-corrected chi connectivity index (χ1v) is 5.92. The summed E-state index contributed by atoms with van der Waals surface area (Å²) in [5.41, 5.74) is 1.77. The molecule has 0 atom stereocenters. The van der Waals surface area contributed by atoms with Crippen molar-refractivity contribution in [2.75, 3.05) is 0 Å². The minimum Gasteiger partial charge on any atom is -0.478 e. The smallest absolute Gasteiger partial charge is 0.336 e. The van der Waals surface area contributed by atoms with Crippen molar-refractivity contribution in [1.82, 2.24) is 4.98 Å². The van der Waals surface area contributed by atoms with E-state index in [1.807, 2.05) is 42.5 Å². The van der Waals surface area contributed by atoms with Crippen LogP contribution in [0, 0.1) is 0 Å². The highest BCUT2D eigenvalue weighted by Crippen LogP contribution is 2.26. The number of carboxylic acids is 1. The maximum absolute atomic E-state index is 11.2. The number of pyridine rings is 1. The average molecular weight is 249 g/mol. The van der Waals surface area contributed by atoms with Crippen LogP contribution in [0.3, 0.4) is 0 Å². The first kappa shape index (κ1) is 11.4. The van der Waals surface area contributed by atoms with Crippen LogP contribution in [0.1, 0.15) is 10.4 Å². The second-order valence-electron chi connectivity index (χ2n) is 4.29. The SMILES string of the molecule is O=C(O)c1ccncc1-c1ccc2ccccc2c1. The van der Waals surface area contributed by atoms with Crippen LogP contribution in [-0.2, 0) is 0 Å². The monoisotopic (exact) mass is 249 g/mol. The van der Waals surface area contributed by atoms with Crippen LogP contribution in [0.5, 0.6) is 0 Å². The summed E-state index contributed by atoms with van der Waals surface area (Å²) in [4.78, 5) is 15.3. The van der Waals surface area contributed by atoms with Crippen molar-refractivity contribution >= 4 is 16.7 Å². The molecule has 3 heteroatoms. The van der Waals surface area contributed by atoms with E-state index in [1.54, 1.807) is 6.20 Å². The van der Waals surface area contributed by atoms with Gasteiger partial charge in [-0.25, -0.2) is 4.79 Å². The highest BCUT2D eigenvalue weighted by Gasteiger charge is 2.11. The Bertz CT molecular complexity index is 765. The van der Waals surface area contributed by atoms with Gasteiger partial charge in [-0.1, -0.05) is 36.4 Å². The van der Waals surface area contributed by atoms with Gasteiger partial charge in [-0.05, 0) is 28.5 Å². The van der Waals surface area contributed by atoms with E-state index in [2.05, 4.69) is 4.98 Å². The summed E-state index contributed by atoms with van der Waals surface area (Å²) in [6.07, 6.45) is 3.08. The molecule has 0 aliphatic carbocycles. The van der Waals surface area contributed by atoms with E-state index in [4.69, 9.17) is 0 Å². The number of carboxylic acid groups (broad SMARTS) is 1. The largest absolute Gasteiger partial charge is 0.478 e. The lowest BCUT2D eigenvalue weighted by Gasteiger charge is -2.06. The van der Waals surface area contributed by atoms with Gasteiger partial charge >= 0.3 is 5.97 Å². The third kappa shape index (κ3) is 2.06. The molecule has 0 amide bonds. The zero-order chi connectivity index (χ0) is 13.2. The number of hydrogen-bond donors (Lipinski definition) is 1. The van der Waals surface area contributed by atoms with Crippen LogP contribution in [0.2, 0.25) is 0 Å². The second-order valence-corrected chi connectivity index (χ2v) is 4.29. The molecule has 0 fully saturated rings. The van der Waals surface area contributed by atoms with Crippen LogP contribution in [-0.4, -0.2) is 16.1 Å². The van der Waals surface area contributed by atoms with Gasteiger partial charge in [0, 0.05) is 18.0 Å². The van der Waals surface area contributed by atoms with Crippen molar-refractivity contribution in [3.8, 4) is 11.1 Å². The topological polar surface area (TPSA) is 50.2 Å². The highest BCUT2D eigenvalue weighted by atomic mass is 16.4. The minimum absolute atomic E-state index is 0.269. The van der Waals surface area contributed by atoms with Gasteiger partial charge in [-0.15, -0.1) is 0 Å². The fourth-order valence-electron chi connectivity index (χ4n) is 2.17. The van der Waals surface area contributed by atoms with E-state index >= 15 is 0 Å². The molecule has 1 heterocycles. The molecule has 2 aromatic carbocycles. The van der Waals surface area contributed by atoms with E-state index in [1.165, 1.54) is 12.3 Å². The lowest BCUT2D eigenvalue weighted by atomic mass is 9.99. The molecule has 0 aliphatic rings. The number of carbonyl (C=O) groups is 1. The molecule has 1 aromatic heterocycles. The molecule has 1 N–H and O–H groups in total. The van der Waals surface area contributed by atoms with Crippen LogP contribution in [0.25, 0.3) is 21.9 Å². The van der Waals surface area contributed by atoms with Gasteiger partial charge in [0.2, 0.25) is 0 Å². The van der Waals surface area contributed by atoms with Gasteiger partial charge in [0.05, 0.1) is 5.56 Å². The third-order valence-electron chi connectivity index (χ3n) is 3.11. The Labute approximate surface area is 110 Å². The number of fused-ring (bicyclic) bond motifs is 1. The molecule has 0 radical (unpaired) electrons. The molecule has 3 aromatic rings. The lowest BCUT2D eigenvalue weighted by molar-refractivity contribution is 0.0697. The van der Waals surface area contributed by atoms with E-state index in [-0.39, 0.29) is 5.56 Å². The number of nitrogens with zero attached hydrogens (tertiary/aromatic N) is 1. The van der Waals surface area contributed by atoms with Crippen LogP contribution in [0.4, 0.5) is 0 Å². The Balaban J connectivity index is 2.22. The molecule has 0 unspecified atom stereocenters. The first-order chi connectivity index (χ1) is 9.25. The normalized spacial score (nSPS) is 10.5. The van der Waals surface area contributed by atoms with Crippen LogP contribution >= 0.6 is 0 Å². The molecular weight excluding hydrogens is 238 g/mol. The predicted octanol–water partition coefficient (Wildman–Crippen LogP) is 3.60. The maximum atomic E-state index is 11.2. The van der Waals surface area contributed by atoms with E-state index < -0.39 is 5.97 Å². The van der Waals surface area contributed by atoms with E-state index in [0.29, 0.717) is 5.56 Å². The van der Waals surface area contributed by atoms with Gasteiger partial charge in [-0.3, -0.25) is 4.98 Å².